The number of allylic oxidation sites excluding steroid dienone is 1. The van der Waals surface area contributed by atoms with Crippen molar-refractivity contribution in [1.29, 1.82) is 0 Å². The van der Waals surface area contributed by atoms with Crippen LogP contribution < -0.4 is 0 Å². The lowest BCUT2D eigenvalue weighted by molar-refractivity contribution is 1.00. The summed E-state index contributed by atoms with van der Waals surface area (Å²) in [6, 6.07) is 58.4. The van der Waals surface area contributed by atoms with Crippen LogP contribution in [0.25, 0.3) is 93.3 Å². The molecule has 0 bridgehead atoms. The quantitative estimate of drug-likeness (QED) is 0.133. The van der Waals surface area contributed by atoms with E-state index in [1.165, 1.54) is 98.4 Å². The molecule has 0 radical (unpaired) electrons. The van der Waals surface area contributed by atoms with Gasteiger partial charge in [-0.1, -0.05) is 178 Å². The minimum Gasteiger partial charge on any atom is -0.0836 e. The minimum absolute atomic E-state index is 1.08. The summed E-state index contributed by atoms with van der Waals surface area (Å²) in [6.45, 7) is 4.00. The normalized spacial score (nSPS) is 12.4. The average Bonchev–Trinajstić information content (AvgIpc) is 3.21. The first-order valence-electron chi connectivity index (χ1n) is 18.0. The number of hydrogen-bond donors (Lipinski definition) is 0. The molecule has 0 heteroatoms. The highest BCUT2D eigenvalue weighted by molar-refractivity contribution is 6.29. The lowest BCUT2D eigenvalue weighted by Gasteiger charge is -2.23. The number of hydrogen-bond acceptors (Lipinski definition) is 0. The first-order chi connectivity index (χ1) is 24.9. The first-order valence-corrected chi connectivity index (χ1v) is 18.0. The second-order valence-corrected chi connectivity index (χ2v) is 13.0. The van der Waals surface area contributed by atoms with Crippen LogP contribution in [0.3, 0.4) is 0 Å². The SMILES string of the molecule is C1=Cc2c(c3ccccc3c3cc(-c4c5ccccc5c(-c5ccccc5-c5ccccc5)c5ccccc45)c4ccccc4c23)CC1.CC. The Balaban J connectivity index is 0.00000165. The fourth-order valence-corrected chi connectivity index (χ4v) is 8.52. The molecule has 0 aliphatic heterocycles. The highest BCUT2D eigenvalue weighted by Crippen LogP contribution is 2.49. The molecule has 10 rings (SSSR count). The lowest BCUT2D eigenvalue weighted by atomic mass is 9.80. The maximum absolute atomic E-state index is 2.51. The Labute approximate surface area is 294 Å². The van der Waals surface area contributed by atoms with E-state index >= 15 is 0 Å². The van der Waals surface area contributed by atoms with E-state index in [0.29, 0.717) is 0 Å². The third-order valence-corrected chi connectivity index (χ3v) is 10.5. The Morgan fingerprint density at radius 1 is 0.380 bits per heavy atom. The Morgan fingerprint density at radius 2 is 0.860 bits per heavy atom. The molecule has 1 aliphatic rings. The monoisotopic (exact) mass is 638 g/mol. The zero-order valence-corrected chi connectivity index (χ0v) is 28.6. The van der Waals surface area contributed by atoms with Crippen molar-refractivity contribution in [2.75, 3.05) is 0 Å². The summed E-state index contributed by atoms with van der Waals surface area (Å²) < 4.78 is 0. The van der Waals surface area contributed by atoms with Crippen LogP contribution in [0.5, 0.6) is 0 Å². The molecule has 0 atom stereocenters. The van der Waals surface area contributed by atoms with Crippen molar-refractivity contribution in [3.63, 3.8) is 0 Å². The molecule has 0 aromatic heterocycles. The van der Waals surface area contributed by atoms with Gasteiger partial charge in [0.15, 0.2) is 0 Å². The van der Waals surface area contributed by atoms with Crippen LogP contribution in [-0.2, 0) is 6.42 Å². The topological polar surface area (TPSA) is 0 Å². The Bertz CT molecular complexity index is 2710. The molecule has 0 nitrogen and oxygen atoms in total. The molecule has 50 heavy (non-hydrogen) atoms. The number of fused-ring (bicyclic) bond motifs is 10. The van der Waals surface area contributed by atoms with Crippen molar-refractivity contribution < 1.29 is 0 Å². The van der Waals surface area contributed by atoms with Crippen LogP contribution in [-0.4, -0.2) is 0 Å². The summed E-state index contributed by atoms with van der Waals surface area (Å²) in [5.74, 6) is 0. The molecule has 0 spiro atoms. The van der Waals surface area contributed by atoms with E-state index in [1.54, 1.807) is 0 Å². The molecule has 0 unspecified atom stereocenters. The molecule has 0 heterocycles. The van der Waals surface area contributed by atoms with Crippen LogP contribution in [0, 0.1) is 0 Å². The summed E-state index contributed by atoms with van der Waals surface area (Å²) in [6.07, 6.45) is 6.91. The van der Waals surface area contributed by atoms with Crippen molar-refractivity contribution in [2.45, 2.75) is 26.7 Å². The van der Waals surface area contributed by atoms with Gasteiger partial charge >= 0.3 is 0 Å². The summed E-state index contributed by atoms with van der Waals surface area (Å²) >= 11 is 0. The van der Waals surface area contributed by atoms with Crippen molar-refractivity contribution in [3.8, 4) is 33.4 Å². The van der Waals surface area contributed by atoms with Crippen LogP contribution >= 0.6 is 0 Å². The molecule has 238 valence electrons. The molecular weight excluding hydrogens is 601 g/mol. The van der Waals surface area contributed by atoms with E-state index < -0.39 is 0 Å². The van der Waals surface area contributed by atoms with Crippen LogP contribution in [0.1, 0.15) is 31.4 Å². The predicted octanol–water partition coefficient (Wildman–Crippen LogP) is 14.4. The third kappa shape index (κ3) is 4.60. The Kier molecular flexibility index (Phi) is 7.51. The maximum Gasteiger partial charge on any atom is -0.00199 e. The fourth-order valence-electron chi connectivity index (χ4n) is 8.52. The second-order valence-electron chi connectivity index (χ2n) is 13.0. The zero-order valence-electron chi connectivity index (χ0n) is 28.6. The number of rotatable bonds is 3. The first kappa shape index (κ1) is 30.1. The Morgan fingerprint density at radius 3 is 1.50 bits per heavy atom. The number of benzene rings is 9. The third-order valence-electron chi connectivity index (χ3n) is 10.5. The molecule has 0 fully saturated rings. The average molecular weight is 639 g/mol. The van der Waals surface area contributed by atoms with Crippen molar-refractivity contribution in [3.05, 3.63) is 175 Å². The highest BCUT2D eigenvalue weighted by Gasteiger charge is 2.23. The summed E-state index contributed by atoms with van der Waals surface area (Å²) in [5, 5.41) is 13.2. The van der Waals surface area contributed by atoms with Gasteiger partial charge < -0.3 is 0 Å². The molecule has 0 saturated carbocycles. The van der Waals surface area contributed by atoms with Crippen molar-refractivity contribution in [2.24, 2.45) is 0 Å². The van der Waals surface area contributed by atoms with Gasteiger partial charge in [-0.2, -0.15) is 0 Å². The van der Waals surface area contributed by atoms with E-state index in [-0.39, 0.29) is 0 Å². The van der Waals surface area contributed by atoms with Crippen molar-refractivity contribution >= 4 is 59.9 Å². The molecule has 9 aromatic carbocycles. The maximum atomic E-state index is 2.51. The van der Waals surface area contributed by atoms with E-state index in [0.717, 1.165) is 12.8 Å². The molecule has 1 aliphatic carbocycles. The summed E-state index contributed by atoms with van der Waals surface area (Å²) in [7, 11) is 0. The molecular formula is C50H38. The smallest absolute Gasteiger partial charge is 0.00199 e. The van der Waals surface area contributed by atoms with Crippen LogP contribution in [0.2, 0.25) is 0 Å². The molecule has 0 saturated heterocycles. The minimum atomic E-state index is 1.08. The molecule has 9 aromatic rings. The van der Waals surface area contributed by atoms with Gasteiger partial charge in [0, 0.05) is 0 Å². The lowest BCUT2D eigenvalue weighted by Crippen LogP contribution is -1.99. The molecule has 0 N–H and O–H groups in total. The fraction of sp³-hybridized carbons (Fsp3) is 0.0800. The van der Waals surface area contributed by atoms with E-state index in [9.17, 15) is 0 Å². The van der Waals surface area contributed by atoms with E-state index in [2.05, 4.69) is 170 Å². The van der Waals surface area contributed by atoms with E-state index in [4.69, 9.17) is 0 Å². The van der Waals surface area contributed by atoms with Gasteiger partial charge in [0.2, 0.25) is 0 Å². The van der Waals surface area contributed by atoms with Crippen LogP contribution in [0.4, 0.5) is 0 Å². The summed E-state index contributed by atoms with van der Waals surface area (Å²) in [5.41, 5.74) is 10.5. The van der Waals surface area contributed by atoms with Gasteiger partial charge in [0.25, 0.3) is 0 Å². The largest absolute Gasteiger partial charge is 0.0836 e. The standard InChI is InChI=1S/C48H32.C2H6/c1-2-16-31(17-3-1)32-18-4-9-23-37(32)46-40-26-12-14-28-42(40)48(43-29-15-13-27-41(43)46)45-30-44-35-21-6-5-19-33(35)34-20-7-10-24-38(34)47(44)39-25-11-8-22-36(39)45;1-2/h1-6,8-19,21-30H,7,20H2;1-2H3. The summed E-state index contributed by atoms with van der Waals surface area (Å²) in [4.78, 5) is 0. The predicted molar refractivity (Wildman–Crippen MR) is 219 cm³/mol. The zero-order chi connectivity index (χ0) is 33.6. The number of aryl methyl sites for hydroxylation is 1. The van der Waals surface area contributed by atoms with E-state index in [1.807, 2.05) is 13.8 Å². The van der Waals surface area contributed by atoms with Gasteiger partial charge in [-0.3, -0.25) is 0 Å². The van der Waals surface area contributed by atoms with Gasteiger partial charge in [0.05, 0.1) is 0 Å². The van der Waals surface area contributed by atoms with Gasteiger partial charge in [0.1, 0.15) is 0 Å². The second kappa shape index (κ2) is 12.5. The highest BCUT2D eigenvalue weighted by atomic mass is 14.3. The Hall–Kier alpha value is -5.98. The van der Waals surface area contributed by atoms with Crippen LogP contribution in [0.15, 0.2) is 164 Å². The molecule has 0 amide bonds. The van der Waals surface area contributed by atoms with Crippen molar-refractivity contribution in [1.82, 2.24) is 0 Å². The van der Waals surface area contributed by atoms with Gasteiger partial charge in [-0.15, -0.1) is 0 Å². The van der Waals surface area contributed by atoms with Gasteiger partial charge in [-0.05, 0) is 117 Å². The van der Waals surface area contributed by atoms with Gasteiger partial charge in [-0.25, -0.2) is 0 Å².